The molecule has 0 saturated heterocycles. The van der Waals surface area contributed by atoms with Gasteiger partial charge in [0.2, 0.25) is 17.7 Å². The maximum Gasteiger partial charge on any atom is 0.326 e. The summed E-state index contributed by atoms with van der Waals surface area (Å²) in [6.07, 6.45) is 3.62. The molecule has 12 nitrogen and oxygen atoms in total. The summed E-state index contributed by atoms with van der Waals surface area (Å²) in [5, 5.41) is 17.7. The minimum Gasteiger partial charge on any atom is -0.480 e. The first kappa shape index (κ1) is 33.7. The minimum atomic E-state index is -1.18. The second-order valence-corrected chi connectivity index (χ2v) is 10.3. The van der Waals surface area contributed by atoms with Crippen LogP contribution in [0.5, 0.6) is 0 Å². The molecule has 1 aromatic carbocycles. The number of aliphatic carboxylic acids is 1. The molecule has 0 heterocycles. The molecule has 0 aromatic heterocycles. The van der Waals surface area contributed by atoms with E-state index in [-0.39, 0.29) is 24.7 Å². The number of benzene rings is 1. The summed E-state index contributed by atoms with van der Waals surface area (Å²) < 4.78 is 0. The van der Waals surface area contributed by atoms with E-state index in [2.05, 4.69) is 20.9 Å². The SMILES string of the molecule is CCC(C)C(NC(=O)C(N)CCCN=C(N)N)C(=O)NC(CCSC)C(=O)NC(Cc1ccccc1)C(=O)O. The molecule has 0 fully saturated rings. The van der Waals surface area contributed by atoms with E-state index < -0.39 is 47.9 Å². The minimum absolute atomic E-state index is 0.0451. The van der Waals surface area contributed by atoms with Gasteiger partial charge in [-0.05, 0) is 42.8 Å². The highest BCUT2D eigenvalue weighted by Gasteiger charge is 2.32. The lowest BCUT2D eigenvalue weighted by molar-refractivity contribution is -0.142. The second-order valence-electron chi connectivity index (χ2n) is 9.36. The van der Waals surface area contributed by atoms with Gasteiger partial charge in [0, 0.05) is 13.0 Å². The smallest absolute Gasteiger partial charge is 0.326 e. The molecule has 5 unspecified atom stereocenters. The standard InChI is InChI=1S/C26H43N7O5S/c1-4-16(2)21(33-22(34)18(27)11-8-13-30-26(28)29)24(36)31-19(12-14-39-3)23(35)32-20(25(37)38)15-17-9-6-5-7-10-17/h5-7,9-10,16,18-21H,4,8,11-15,27H2,1-3H3,(H,31,36)(H,32,35)(H,33,34)(H,37,38)(H4,28,29,30). The molecule has 10 N–H and O–H groups in total. The molecule has 5 atom stereocenters. The van der Waals surface area contributed by atoms with Gasteiger partial charge in [0.05, 0.1) is 6.04 Å². The Labute approximate surface area is 234 Å². The summed E-state index contributed by atoms with van der Waals surface area (Å²) in [6, 6.07) is 4.99. The van der Waals surface area contributed by atoms with Gasteiger partial charge in [-0.15, -0.1) is 0 Å². The van der Waals surface area contributed by atoms with Gasteiger partial charge in [-0.1, -0.05) is 50.6 Å². The average molecular weight is 566 g/mol. The number of nitrogens with zero attached hydrogens (tertiary/aromatic N) is 1. The van der Waals surface area contributed by atoms with Crippen molar-refractivity contribution in [3.8, 4) is 0 Å². The number of carbonyl (C=O) groups is 4. The molecule has 39 heavy (non-hydrogen) atoms. The molecule has 3 amide bonds. The molecule has 0 bridgehead atoms. The van der Waals surface area contributed by atoms with E-state index >= 15 is 0 Å². The number of amides is 3. The van der Waals surface area contributed by atoms with Crippen LogP contribution in [0.4, 0.5) is 0 Å². The van der Waals surface area contributed by atoms with Crippen LogP contribution in [0.3, 0.4) is 0 Å². The summed E-state index contributed by atoms with van der Waals surface area (Å²) in [7, 11) is 0. The summed E-state index contributed by atoms with van der Waals surface area (Å²) >= 11 is 1.49. The second kappa shape index (κ2) is 18.1. The number of aliphatic imine (C=N–C) groups is 1. The molecular formula is C26H43N7O5S. The topological polar surface area (TPSA) is 215 Å². The van der Waals surface area contributed by atoms with Crippen molar-refractivity contribution in [2.45, 2.75) is 70.1 Å². The van der Waals surface area contributed by atoms with E-state index in [0.717, 1.165) is 5.56 Å². The van der Waals surface area contributed by atoms with Gasteiger partial charge in [-0.25, -0.2) is 4.79 Å². The van der Waals surface area contributed by atoms with Crippen molar-refractivity contribution in [3.05, 3.63) is 35.9 Å². The van der Waals surface area contributed by atoms with Crippen molar-refractivity contribution in [2.24, 2.45) is 28.1 Å². The number of nitrogens with two attached hydrogens (primary N) is 3. The van der Waals surface area contributed by atoms with Crippen LogP contribution < -0.4 is 33.2 Å². The van der Waals surface area contributed by atoms with Crippen molar-refractivity contribution in [2.75, 3.05) is 18.6 Å². The van der Waals surface area contributed by atoms with Crippen LogP contribution in [0.2, 0.25) is 0 Å². The normalized spacial score (nSPS) is 14.7. The molecule has 13 heteroatoms. The maximum atomic E-state index is 13.3. The molecular weight excluding hydrogens is 522 g/mol. The molecule has 1 rings (SSSR count). The van der Waals surface area contributed by atoms with Crippen LogP contribution in [0.1, 0.15) is 45.1 Å². The highest BCUT2D eigenvalue weighted by Crippen LogP contribution is 2.11. The van der Waals surface area contributed by atoms with Crippen molar-refractivity contribution >= 4 is 41.4 Å². The van der Waals surface area contributed by atoms with E-state index in [1.54, 1.807) is 24.3 Å². The summed E-state index contributed by atoms with van der Waals surface area (Å²) in [6.45, 7) is 4.02. The number of nitrogens with one attached hydrogen (secondary N) is 3. The maximum absolute atomic E-state index is 13.3. The van der Waals surface area contributed by atoms with Crippen molar-refractivity contribution in [1.29, 1.82) is 0 Å². The number of carbonyl (C=O) groups excluding carboxylic acids is 3. The Kier molecular flexibility index (Phi) is 15.6. The van der Waals surface area contributed by atoms with Gasteiger partial charge < -0.3 is 38.3 Å². The van der Waals surface area contributed by atoms with Gasteiger partial charge in [0.25, 0.3) is 0 Å². The number of hydrogen-bond acceptors (Lipinski definition) is 7. The van der Waals surface area contributed by atoms with Crippen molar-refractivity contribution in [1.82, 2.24) is 16.0 Å². The number of guanidine groups is 1. The van der Waals surface area contributed by atoms with Crippen molar-refractivity contribution in [3.63, 3.8) is 0 Å². The number of thioether (sulfide) groups is 1. The fourth-order valence-corrected chi connectivity index (χ4v) is 4.17. The summed E-state index contributed by atoms with van der Waals surface area (Å²) in [5.41, 5.74) is 17.4. The van der Waals surface area contributed by atoms with Crippen LogP contribution in [0.25, 0.3) is 0 Å². The predicted molar refractivity (Wildman–Crippen MR) is 154 cm³/mol. The Bertz CT molecular complexity index is 959. The average Bonchev–Trinajstić information content (AvgIpc) is 2.90. The fraction of sp³-hybridized carbons (Fsp3) is 0.577. The number of carboxylic acids is 1. The Balaban J connectivity index is 2.94. The first-order valence-corrected chi connectivity index (χ1v) is 14.4. The monoisotopic (exact) mass is 565 g/mol. The Morgan fingerprint density at radius 2 is 1.62 bits per heavy atom. The first-order valence-electron chi connectivity index (χ1n) is 13.0. The molecule has 1 aromatic rings. The van der Waals surface area contributed by atoms with E-state index in [1.165, 1.54) is 11.8 Å². The van der Waals surface area contributed by atoms with E-state index in [0.29, 0.717) is 31.6 Å². The third-order valence-electron chi connectivity index (χ3n) is 6.24. The quantitative estimate of drug-likeness (QED) is 0.0720. The van der Waals surface area contributed by atoms with Crippen LogP contribution in [0, 0.1) is 5.92 Å². The first-order chi connectivity index (χ1) is 18.5. The van der Waals surface area contributed by atoms with E-state index in [1.807, 2.05) is 26.2 Å². The lowest BCUT2D eigenvalue weighted by Gasteiger charge is -2.28. The van der Waals surface area contributed by atoms with Crippen LogP contribution >= 0.6 is 11.8 Å². The third-order valence-corrected chi connectivity index (χ3v) is 6.88. The zero-order valence-corrected chi connectivity index (χ0v) is 23.7. The zero-order chi connectivity index (χ0) is 29.4. The number of hydrogen-bond donors (Lipinski definition) is 7. The molecule has 0 aliphatic heterocycles. The predicted octanol–water partition coefficient (Wildman–Crippen LogP) is -0.0518. The van der Waals surface area contributed by atoms with Crippen LogP contribution in [-0.2, 0) is 25.6 Å². The van der Waals surface area contributed by atoms with Gasteiger partial charge in [0.1, 0.15) is 18.1 Å². The number of carboxylic acid groups (broad SMARTS) is 1. The van der Waals surface area contributed by atoms with Gasteiger partial charge >= 0.3 is 5.97 Å². The van der Waals surface area contributed by atoms with E-state index in [9.17, 15) is 24.3 Å². The fourth-order valence-electron chi connectivity index (χ4n) is 3.70. The lowest BCUT2D eigenvalue weighted by atomic mass is 9.97. The van der Waals surface area contributed by atoms with Gasteiger partial charge in [0.15, 0.2) is 5.96 Å². The van der Waals surface area contributed by atoms with Crippen LogP contribution in [0.15, 0.2) is 35.3 Å². The third kappa shape index (κ3) is 12.9. The molecule has 0 radical (unpaired) electrons. The highest BCUT2D eigenvalue weighted by molar-refractivity contribution is 7.98. The molecule has 0 saturated carbocycles. The van der Waals surface area contributed by atoms with Crippen molar-refractivity contribution < 1.29 is 24.3 Å². The van der Waals surface area contributed by atoms with Crippen LogP contribution in [-0.4, -0.2) is 77.5 Å². The number of rotatable bonds is 18. The molecule has 0 spiro atoms. The summed E-state index contributed by atoms with van der Waals surface area (Å²) in [4.78, 5) is 54.9. The highest BCUT2D eigenvalue weighted by atomic mass is 32.2. The largest absolute Gasteiger partial charge is 0.480 e. The Morgan fingerprint density at radius 3 is 2.18 bits per heavy atom. The van der Waals surface area contributed by atoms with Gasteiger partial charge in [-0.3, -0.25) is 19.4 Å². The van der Waals surface area contributed by atoms with Gasteiger partial charge in [-0.2, -0.15) is 11.8 Å². The zero-order valence-electron chi connectivity index (χ0n) is 22.9. The molecule has 218 valence electrons. The van der Waals surface area contributed by atoms with E-state index in [4.69, 9.17) is 17.2 Å². The Hall–Kier alpha value is -3.32. The Morgan fingerprint density at radius 1 is 0.974 bits per heavy atom. The lowest BCUT2D eigenvalue weighted by Crippen LogP contribution is -2.58. The molecule has 0 aliphatic rings. The summed E-state index contributed by atoms with van der Waals surface area (Å²) in [5.74, 6) is -2.57. The molecule has 0 aliphatic carbocycles.